The highest BCUT2D eigenvalue weighted by Crippen LogP contribution is 2.22. The van der Waals surface area contributed by atoms with Gasteiger partial charge in [-0.15, -0.1) is 24.0 Å². The average Bonchev–Trinajstić information content (AvgIpc) is 3.01. The molecular weight excluding hydrogens is 491 g/mol. The fraction of sp³-hybridized carbons (Fsp3) is 0.348. The summed E-state index contributed by atoms with van der Waals surface area (Å²) in [5, 5.41) is 6.64. The third-order valence-corrected chi connectivity index (χ3v) is 5.15. The summed E-state index contributed by atoms with van der Waals surface area (Å²) in [5.74, 6) is 0.758. The highest BCUT2D eigenvalue weighted by molar-refractivity contribution is 14.0. The Kier molecular flexibility index (Phi) is 9.29. The lowest BCUT2D eigenvalue weighted by atomic mass is 10.0. The molecule has 0 radical (unpaired) electrons. The zero-order valence-corrected chi connectivity index (χ0v) is 19.8. The van der Waals surface area contributed by atoms with Crippen LogP contribution >= 0.6 is 24.0 Å². The smallest absolute Gasteiger partial charge is 0.261 e. The number of halogens is 1. The van der Waals surface area contributed by atoms with Crippen molar-refractivity contribution in [3.8, 4) is 0 Å². The largest absolute Gasteiger partial charge is 0.356 e. The van der Waals surface area contributed by atoms with Crippen LogP contribution in [0.3, 0.4) is 0 Å². The summed E-state index contributed by atoms with van der Waals surface area (Å²) >= 11 is 0. The molecule has 0 aliphatic carbocycles. The zero-order valence-electron chi connectivity index (χ0n) is 17.4. The lowest BCUT2D eigenvalue weighted by Gasteiger charge is -2.17. The molecule has 2 N–H and O–H groups in total. The van der Waals surface area contributed by atoms with E-state index in [9.17, 15) is 9.59 Å². The second-order valence-corrected chi connectivity index (χ2v) is 7.21. The quantitative estimate of drug-likeness (QED) is 0.183. The minimum Gasteiger partial charge on any atom is -0.356 e. The van der Waals surface area contributed by atoms with Crippen LogP contribution in [0.4, 0.5) is 0 Å². The number of nitrogens with one attached hydrogen (secondary N) is 2. The lowest BCUT2D eigenvalue weighted by Crippen LogP contribution is -2.39. The molecule has 2 aromatic rings. The topological polar surface area (TPSA) is 73.8 Å². The summed E-state index contributed by atoms with van der Waals surface area (Å²) in [7, 11) is 1.75. The van der Waals surface area contributed by atoms with Gasteiger partial charge in [0.05, 0.1) is 11.1 Å². The Hall–Kier alpha value is -2.42. The summed E-state index contributed by atoms with van der Waals surface area (Å²) < 4.78 is 0. The Bertz CT molecular complexity index is 851. The Morgan fingerprint density at radius 2 is 1.53 bits per heavy atom. The first-order chi connectivity index (χ1) is 14.1. The number of hydrogen-bond acceptors (Lipinski definition) is 3. The molecule has 1 aliphatic heterocycles. The molecule has 0 bridgehead atoms. The van der Waals surface area contributed by atoms with Crippen LogP contribution < -0.4 is 10.6 Å². The maximum atomic E-state index is 12.4. The summed E-state index contributed by atoms with van der Waals surface area (Å²) in [6, 6.07) is 17.4. The second kappa shape index (κ2) is 11.7. The first-order valence-corrected chi connectivity index (χ1v) is 10.1. The number of hydrogen-bond donors (Lipinski definition) is 2. The van der Waals surface area contributed by atoms with Crippen LogP contribution in [0.15, 0.2) is 59.6 Å². The SMILES string of the molecule is CN=C(NCCCCN1C(=O)c2ccccc2C1=O)NCC(C)c1ccccc1.I. The van der Waals surface area contributed by atoms with Crippen LogP contribution in [0.5, 0.6) is 0 Å². The van der Waals surface area contributed by atoms with Gasteiger partial charge in [-0.3, -0.25) is 19.5 Å². The molecule has 0 fully saturated rings. The van der Waals surface area contributed by atoms with Gasteiger partial charge in [-0.1, -0.05) is 49.4 Å². The van der Waals surface area contributed by atoms with Crippen molar-refractivity contribution in [3.05, 3.63) is 71.3 Å². The van der Waals surface area contributed by atoms with Crippen molar-refractivity contribution in [2.45, 2.75) is 25.7 Å². The first-order valence-electron chi connectivity index (χ1n) is 10.1. The number of carbonyl (C=O) groups excluding carboxylic acids is 2. The van der Waals surface area contributed by atoms with Gasteiger partial charge in [0.2, 0.25) is 0 Å². The van der Waals surface area contributed by atoms with Crippen molar-refractivity contribution in [2.75, 3.05) is 26.7 Å². The summed E-state index contributed by atoms with van der Waals surface area (Å²) in [6.45, 7) is 4.13. The number of imide groups is 1. The van der Waals surface area contributed by atoms with E-state index in [1.54, 1.807) is 31.3 Å². The zero-order chi connectivity index (χ0) is 20.6. The van der Waals surface area contributed by atoms with Crippen LogP contribution in [0, 0.1) is 0 Å². The molecule has 7 heteroatoms. The number of carbonyl (C=O) groups is 2. The van der Waals surface area contributed by atoms with Gasteiger partial charge in [0.25, 0.3) is 11.8 Å². The number of amides is 2. The normalized spacial score (nSPS) is 14.2. The van der Waals surface area contributed by atoms with E-state index in [2.05, 4.69) is 34.7 Å². The molecule has 0 saturated carbocycles. The van der Waals surface area contributed by atoms with Gasteiger partial charge in [-0.2, -0.15) is 0 Å². The van der Waals surface area contributed by atoms with E-state index in [1.165, 1.54) is 10.5 Å². The molecule has 6 nitrogen and oxygen atoms in total. The van der Waals surface area contributed by atoms with Crippen LogP contribution in [0.1, 0.15) is 52.0 Å². The maximum Gasteiger partial charge on any atom is 0.261 e. The number of rotatable bonds is 8. The second-order valence-electron chi connectivity index (χ2n) is 7.21. The van der Waals surface area contributed by atoms with Crippen LogP contribution in [0.2, 0.25) is 0 Å². The summed E-state index contributed by atoms with van der Waals surface area (Å²) in [6.07, 6.45) is 1.58. The Morgan fingerprint density at radius 1 is 0.933 bits per heavy atom. The number of guanidine groups is 1. The van der Waals surface area contributed by atoms with Gasteiger partial charge >= 0.3 is 0 Å². The molecule has 3 rings (SSSR count). The van der Waals surface area contributed by atoms with Crippen LogP contribution in [-0.2, 0) is 0 Å². The van der Waals surface area contributed by atoms with Crippen molar-refractivity contribution in [1.82, 2.24) is 15.5 Å². The van der Waals surface area contributed by atoms with Crippen LogP contribution in [0.25, 0.3) is 0 Å². The van der Waals surface area contributed by atoms with Crippen LogP contribution in [-0.4, -0.2) is 49.4 Å². The van der Waals surface area contributed by atoms with Crippen molar-refractivity contribution in [2.24, 2.45) is 4.99 Å². The predicted molar refractivity (Wildman–Crippen MR) is 131 cm³/mol. The van der Waals surface area contributed by atoms with Gasteiger partial charge < -0.3 is 10.6 Å². The number of unbranched alkanes of at least 4 members (excludes halogenated alkanes) is 1. The molecule has 0 spiro atoms. The minimum absolute atomic E-state index is 0. The van der Waals surface area contributed by atoms with E-state index in [-0.39, 0.29) is 35.8 Å². The fourth-order valence-corrected chi connectivity index (χ4v) is 3.41. The van der Waals surface area contributed by atoms with Gasteiger partial charge in [-0.25, -0.2) is 0 Å². The predicted octanol–water partition coefficient (Wildman–Crippen LogP) is 3.65. The van der Waals surface area contributed by atoms with E-state index >= 15 is 0 Å². The molecule has 1 aliphatic rings. The number of fused-ring (bicyclic) bond motifs is 1. The average molecular weight is 520 g/mol. The molecule has 1 atom stereocenters. The summed E-state index contributed by atoms with van der Waals surface area (Å²) in [5.41, 5.74) is 2.30. The first kappa shape index (κ1) is 23.9. The molecule has 2 aromatic carbocycles. The molecule has 30 heavy (non-hydrogen) atoms. The Labute approximate surface area is 195 Å². The monoisotopic (exact) mass is 520 g/mol. The molecule has 0 aromatic heterocycles. The molecule has 1 heterocycles. The number of aliphatic imine (C=N–C) groups is 1. The third kappa shape index (κ3) is 5.81. The minimum atomic E-state index is -0.189. The Morgan fingerprint density at radius 3 is 2.13 bits per heavy atom. The van der Waals surface area contributed by atoms with Gasteiger partial charge in [-0.05, 0) is 36.5 Å². The summed E-state index contributed by atoms with van der Waals surface area (Å²) in [4.78, 5) is 30.3. The molecule has 1 unspecified atom stereocenters. The van der Waals surface area contributed by atoms with Crippen molar-refractivity contribution in [1.29, 1.82) is 0 Å². The number of nitrogens with zero attached hydrogens (tertiary/aromatic N) is 2. The molecule has 160 valence electrons. The van der Waals surface area contributed by atoms with Gasteiger partial charge in [0.15, 0.2) is 5.96 Å². The molecule has 0 saturated heterocycles. The molecular formula is C23H29IN4O2. The van der Waals surface area contributed by atoms with E-state index < -0.39 is 0 Å². The highest BCUT2D eigenvalue weighted by atomic mass is 127. The van der Waals surface area contributed by atoms with Gasteiger partial charge in [0, 0.05) is 26.7 Å². The fourth-order valence-electron chi connectivity index (χ4n) is 3.41. The van der Waals surface area contributed by atoms with E-state index in [0.717, 1.165) is 31.9 Å². The Balaban J connectivity index is 0.00000320. The third-order valence-electron chi connectivity index (χ3n) is 5.15. The number of benzene rings is 2. The van der Waals surface area contributed by atoms with Crippen molar-refractivity contribution >= 4 is 41.8 Å². The van der Waals surface area contributed by atoms with Crippen molar-refractivity contribution < 1.29 is 9.59 Å². The standard InChI is InChI=1S/C23H28N4O2.HI/c1-17(18-10-4-3-5-11-18)16-26-23(24-2)25-14-8-9-15-27-21(28)19-12-6-7-13-20(19)22(27)29;/h3-7,10-13,17H,8-9,14-16H2,1-2H3,(H2,24,25,26);1H. The van der Waals surface area contributed by atoms with E-state index in [4.69, 9.17) is 0 Å². The highest BCUT2D eigenvalue weighted by Gasteiger charge is 2.34. The van der Waals surface area contributed by atoms with Gasteiger partial charge in [0.1, 0.15) is 0 Å². The van der Waals surface area contributed by atoms with Crippen molar-refractivity contribution in [3.63, 3.8) is 0 Å². The van der Waals surface area contributed by atoms with E-state index in [0.29, 0.717) is 23.6 Å². The maximum absolute atomic E-state index is 12.4. The van der Waals surface area contributed by atoms with E-state index in [1.807, 2.05) is 18.2 Å². The molecule has 2 amide bonds. The lowest BCUT2D eigenvalue weighted by molar-refractivity contribution is 0.0652.